The van der Waals surface area contributed by atoms with E-state index in [0.717, 1.165) is 65.1 Å². The number of benzene rings is 2. The minimum Gasteiger partial charge on any atom is -0.478 e. The van der Waals surface area contributed by atoms with Crippen molar-refractivity contribution in [3.05, 3.63) is 88.7 Å². The minimum atomic E-state index is -5.02. The first-order valence-corrected chi connectivity index (χ1v) is 13.0. The van der Waals surface area contributed by atoms with E-state index in [4.69, 9.17) is 10.2 Å². The molecule has 0 bridgehead atoms. The number of carboxylic acids is 2. The number of hydrogen-bond acceptors (Lipinski definition) is 9. The van der Waals surface area contributed by atoms with Crippen LogP contribution in [0.15, 0.2) is 60.9 Å². The molecule has 246 valence electrons. The molecule has 2 aromatic carbocycles. The van der Waals surface area contributed by atoms with Crippen LogP contribution in [0.2, 0.25) is 0 Å². The van der Waals surface area contributed by atoms with E-state index < -0.39 is 58.4 Å². The van der Waals surface area contributed by atoms with E-state index in [1.807, 2.05) is 0 Å². The van der Waals surface area contributed by atoms with Crippen LogP contribution in [-0.2, 0) is 17.1 Å². The van der Waals surface area contributed by atoms with Crippen LogP contribution in [0.25, 0.3) is 34.2 Å². The van der Waals surface area contributed by atoms with Crippen molar-refractivity contribution < 1.29 is 55.7 Å². The van der Waals surface area contributed by atoms with Crippen molar-refractivity contribution in [2.75, 3.05) is 0 Å². The average molecular weight is 674 g/mol. The van der Waals surface area contributed by atoms with Gasteiger partial charge in [-0.1, -0.05) is 10.4 Å². The topological polar surface area (TPSA) is 195 Å². The predicted molar refractivity (Wildman–Crippen MR) is 147 cm³/mol. The zero-order valence-electron chi connectivity index (χ0n) is 23.7. The third-order valence-electron chi connectivity index (χ3n) is 6.50. The Morgan fingerprint density at radius 3 is 1.44 bits per heavy atom. The monoisotopic (exact) mass is 674 g/mol. The molecule has 0 aliphatic carbocycles. The lowest BCUT2D eigenvalue weighted by molar-refractivity contribution is -0.138. The van der Waals surface area contributed by atoms with Crippen LogP contribution in [0.1, 0.15) is 49.1 Å². The van der Waals surface area contributed by atoms with Gasteiger partial charge in [0.1, 0.15) is 11.4 Å². The molecule has 0 saturated heterocycles. The zero-order valence-corrected chi connectivity index (χ0v) is 23.7. The Morgan fingerprint density at radius 1 is 0.667 bits per heavy atom. The van der Waals surface area contributed by atoms with Gasteiger partial charge in [-0.25, -0.2) is 23.9 Å². The van der Waals surface area contributed by atoms with Crippen LogP contribution < -0.4 is 5.32 Å². The second-order valence-corrected chi connectivity index (χ2v) is 9.80. The first kappa shape index (κ1) is 32.9. The Hall–Kier alpha value is -6.47. The Labute approximate surface area is 262 Å². The predicted octanol–water partition coefficient (Wildman–Crippen LogP) is 4.29. The van der Waals surface area contributed by atoms with Gasteiger partial charge in [-0.05, 0) is 48.5 Å². The highest BCUT2D eigenvalue weighted by molar-refractivity contribution is 6.05. The van der Waals surface area contributed by atoms with E-state index in [-0.39, 0.29) is 39.7 Å². The van der Waals surface area contributed by atoms with E-state index in [0.29, 0.717) is 12.1 Å². The average Bonchev–Trinajstić information content (AvgIpc) is 3.70. The summed E-state index contributed by atoms with van der Waals surface area (Å²) in [5.41, 5.74) is -6.01. The number of nitrogens with one attached hydrogen (secondary N) is 1. The number of pyridine rings is 1. The number of hydrogen-bond donors (Lipinski definition) is 3. The molecule has 3 N–H and O–H groups in total. The van der Waals surface area contributed by atoms with E-state index in [1.165, 1.54) is 0 Å². The van der Waals surface area contributed by atoms with E-state index in [9.17, 15) is 45.5 Å². The van der Waals surface area contributed by atoms with Gasteiger partial charge in [0.2, 0.25) is 5.91 Å². The zero-order chi connectivity index (χ0) is 35.1. The maximum atomic E-state index is 13.6. The largest absolute Gasteiger partial charge is 0.478 e. The Kier molecular flexibility index (Phi) is 8.25. The first-order valence-electron chi connectivity index (χ1n) is 13.0. The molecular weight excluding hydrogens is 658 g/mol. The number of aromatic carboxylic acids is 2. The lowest BCUT2D eigenvalue weighted by Crippen LogP contribution is -2.28. The van der Waals surface area contributed by atoms with Gasteiger partial charge >= 0.3 is 24.3 Å². The molecule has 0 fully saturated rings. The van der Waals surface area contributed by atoms with Gasteiger partial charge in [0, 0.05) is 12.5 Å². The van der Waals surface area contributed by atoms with Crippen molar-refractivity contribution >= 4 is 23.8 Å². The molecule has 0 radical (unpaired) electrons. The molecule has 0 saturated carbocycles. The van der Waals surface area contributed by atoms with E-state index in [1.54, 1.807) is 0 Å². The molecule has 5 aromatic rings. The fourth-order valence-electron chi connectivity index (χ4n) is 4.36. The SMILES string of the molecule is CC(=O)NC(=O)c1cc(-c2cn(-c3ccc(C(=O)O)c(C(F)(F)F)c3)nn2)nc(-c2cn(-c3ccc(C(=O)O)c(C(F)(F)F)c3)nn2)c1. The summed E-state index contributed by atoms with van der Waals surface area (Å²) in [7, 11) is 0. The number of carboxylic acid groups (broad SMARTS) is 2. The molecular formula is C28H16F6N8O6. The number of alkyl halides is 6. The second-order valence-electron chi connectivity index (χ2n) is 9.80. The summed E-state index contributed by atoms with van der Waals surface area (Å²) in [6.07, 6.45) is -7.81. The minimum absolute atomic E-state index is 0.115. The molecule has 2 amide bonds. The van der Waals surface area contributed by atoms with Crippen LogP contribution in [0, 0.1) is 0 Å². The van der Waals surface area contributed by atoms with Crippen LogP contribution in [0.4, 0.5) is 26.3 Å². The number of imide groups is 1. The third kappa shape index (κ3) is 6.71. The van der Waals surface area contributed by atoms with Gasteiger partial charge in [-0.3, -0.25) is 14.9 Å². The summed E-state index contributed by atoms with van der Waals surface area (Å²) in [5.74, 6) is -5.25. The maximum absolute atomic E-state index is 13.6. The standard InChI is InChI=1S/C28H16F6N8O6/c1-12(43)35-24(44)13-6-20(22-10-41(39-37-22)14-2-4-16(25(45)46)18(8-14)27(29,30)31)36-21(7-13)23-11-42(40-38-23)15-3-5-17(26(47)48)19(9-15)28(32,33)34/h2-11H,1H3,(H,45,46)(H,47,48)(H,35,43,44). The molecule has 3 heterocycles. The van der Waals surface area contributed by atoms with Gasteiger partial charge in [0.25, 0.3) is 5.91 Å². The van der Waals surface area contributed by atoms with Crippen molar-refractivity contribution in [2.45, 2.75) is 19.3 Å². The summed E-state index contributed by atoms with van der Waals surface area (Å²) < 4.78 is 83.1. The number of rotatable bonds is 7. The van der Waals surface area contributed by atoms with Gasteiger partial charge in [-0.2, -0.15) is 26.3 Å². The fraction of sp³-hybridized carbons (Fsp3) is 0.107. The first-order chi connectivity index (χ1) is 22.4. The van der Waals surface area contributed by atoms with Crippen molar-refractivity contribution in [1.82, 2.24) is 40.3 Å². The number of halogens is 6. The van der Waals surface area contributed by atoms with Crippen LogP contribution in [0.5, 0.6) is 0 Å². The third-order valence-corrected chi connectivity index (χ3v) is 6.50. The molecule has 0 spiro atoms. The lowest BCUT2D eigenvalue weighted by atomic mass is 10.1. The molecule has 0 aliphatic heterocycles. The van der Waals surface area contributed by atoms with Gasteiger partial charge in [0.05, 0.1) is 57.4 Å². The highest BCUT2D eigenvalue weighted by Gasteiger charge is 2.37. The van der Waals surface area contributed by atoms with Gasteiger partial charge in [-0.15, -0.1) is 10.2 Å². The summed E-state index contributed by atoms with van der Waals surface area (Å²) >= 11 is 0. The summed E-state index contributed by atoms with van der Waals surface area (Å²) in [5, 5.41) is 35.6. The Balaban J connectivity index is 1.58. The Bertz CT molecular complexity index is 1990. The number of carbonyl (C=O) groups excluding carboxylic acids is 2. The molecule has 0 aliphatic rings. The lowest BCUT2D eigenvalue weighted by Gasteiger charge is -2.12. The van der Waals surface area contributed by atoms with E-state index >= 15 is 0 Å². The second kappa shape index (κ2) is 12.0. The highest BCUT2D eigenvalue weighted by Crippen LogP contribution is 2.35. The molecule has 48 heavy (non-hydrogen) atoms. The molecule has 0 unspecified atom stereocenters. The normalized spacial score (nSPS) is 11.7. The van der Waals surface area contributed by atoms with Crippen molar-refractivity contribution in [3.63, 3.8) is 0 Å². The summed E-state index contributed by atoms with van der Waals surface area (Å²) in [4.78, 5) is 51.3. The highest BCUT2D eigenvalue weighted by atomic mass is 19.4. The molecule has 20 heteroatoms. The van der Waals surface area contributed by atoms with Gasteiger partial charge in [0.15, 0.2) is 0 Å². The molecule has 5 rings (SSSR count). The van der Waals surface area contributed by atoms with Crippen molar-refractivity contribution in [2.24, 2.45) is 0 Å². The molecule has 0 atom stereocenters. The van der Waals surface area contributed by atoms with E-state index in [2.05, 4.69) is 30.9 Å². The van der Waals surface area contributed by atoms with Crippen LogP contribution in [-0.4, -0.2) is 68.9 Å². The molecule has 14 nitrogen and oxygen atoms in total. The maximum Gasteiger partial charge on any atom is 0.417 e. The van der Waals surface area contributed by atoms with Gasteiger partial charge < -0.3 is 10.2 Å². The number of carbonyl (C=O) groups is 4. The van der Waals surface area contributed by atoms with Crippen molar-refractivity contribution in [1.29, 1.82) is 0 Å². The van der Waals surface area contributed by atoms with Crippen LogP contribution >= 0.6 is 0 Å². The number of aromatic nitrogens is 7. The van der Waals surface area contributed by atoms with Crippen LogP contribution in [0.3, 0.4) is 0 Å². The quantitative estimate of drug-likeness (QED) is 0.209. The fourth-order valence-corrected chi connectivity index (χ4v) is 4.36. The van der Waals surface area contributed by atoms with Crippen molar-refractivity contribution in [3.8, 4) is 34.2 Å². The summed E-state index contributed by atoms with van der Waals surface area (Å²) in [6.45, 7) is 1.06. The molecule has 3 aromatic heterocycles. The smallest absolute Gasteiger partial charge is 0.417 e. The number of amides is 2. The number of nitrogens with zero attached hydrogens (tertiary/aromatic N) is 7. The summed E-state index contributed by atoms with van der Waals surface area (Å²) in [6, 6.07) is 7.00. The Morgan fingerprint density at radius 2 is 1.08 bits per heavy atom.